The molecule has 0 fully saturated rings. The van der Waals surface area contributed by atoms with Gasteiger partial charge < -0.3 is 14.8 Å². The monoisotopic (exact) mass is 394 g/mol. The average molecular weight is 395 g/mol. The topological polar surface area (TPSA) is 88.4 Å². The maximum atomic E-state index is 12.2. The van der Waals surface area contributed by atoms with E-state index in [-0.39, 0.29) is 12.3 Å². The van der Waals surface area contributed by atoms with Crippen molar-refractivity contribution in [2.45, 2.75) is 59.1 Å². The first-order valence-corrected chi connectivity index (χ1v) is 9.28. The van der Waals surface area contributed by atoms with Crippen LogP contribution in [0.25, 0.3) is 0 Å². The van der Waals surface area contributed by atoms with Gasteiger partial charge in [0.15, 0.2) is 6.10 Å². The lowest BCUT2D eigenvalue weighted by Gasteiger charge is -2.28. The van der Waals surface area contributed by atoms with Gasteiger partial charge in [0.1, 0.15) is 11.3 Å². The molecule has 27 heavy (non-hydrogen) atoms. The molecule has 1 N–H and O–H groups in total. The molecule has 1 amide bonds. The fourth-order valence-corrected chi connectivity index (χ4v) is 2.20. The Hall–Kier alpha value is -2.26. The maximum absolute atomic E-state index is 12.2. The molecule has 1 rings (SSSR count). The van der Waals surface area contributed by atoms with Gasteiger partial charge in [-0.1, -0.05) is 25.4 Å². The van der Waals surface area contributed by atoms with Gasteiger partial charge in [0.05, 0.1) is 12.7 Å². The number of carbonyl (C=O) groups excluding carboxylic acids is 2. The van der Waals surface area contributed by atoms with Gasteiger partial charge in [-0.2, -0.15) is 5.26 Å². The van der Waals surface area contributed by atoms with Crippen LogP contribution < -0.4 is 10.1 Å². The number of amides is 1. The maximum Gasteiger partial charge on any atom is 0.306 e. The first kappa shape index (κ1) is 22.8. The van der Waals surface area contributed by atoms with Crippen molar-refractivity contribution < 1.29 is 19.1 Å². The van der Waals surface area contributed by atoms with Crippen molar-refractivity contribution in [3.05, 3.63) is 28.8 Å². The van der Waals surface area contributed by atoms with E-state index in [0.29, 0.717) is 23.8 Å². The number of nitriles is 1. The van der Waals surface area contributed by atoms with Crippen molar-refractivity contribution in [3.63, 3.8) is 0 Å². The SMILES string of the molecule is Cc1cc(OCCCC(=O)OC(C)C(=O)NC(C)(C#N)C(C)C)ccc1Cl. The molecule has 0 aliphatic rings. The van der Waals surface area contributed by atoms with E-state index < -0.39 is 23.5 Å². The molecule has 0 radical (unpaired) electrons. The number of rotatable bonds is 9. The van der Waals surface area contributed by atoms with Gasteiger partial charge in [0.25, 0.3) is 5.91 Å². The van der Waals surface area contributed by atoms with Crippen molar-refractivity contribution in [1.82, 2.24) is 5.32 Å². The molecule has 0 saturated heterocycles. The number of ether oxygens (including phenoxy) is 2. The normalized spacial score (nSPS) is 14.0. The highest BCUT2D eigenvalue weighted by Gasteiger charge is 2.32. The molecule has 0 bridgehead atoms. The Bertz CT molecular complexity index is 714. The molecule has 0 spiro atoms. The second-order valence-corrected chi connectivity index (χ2v) is 7.36. The molecule has 1 aromatic carbocycles. The van der Waals surface area contributed by atoms with Crippen LogP contribution in [0, 0.1) is 24.2 Å². The minimum absolute atomic E-state index is 0.0806. The van der Waals surface area contributed by atoms with Crippen LogP contribution in [0.15, 0.2) is 18.2 Å². The molecular weight excluding hydrogens is 368 g/mol. The number of halogens is 1. The summed E-state index contributed by atoms with van der Waals surface area (Å²) in [6.45, 7) is 9.02. The standard InChI is InChI=1S/C20H27ClN2O4/c1-13(2)20(5,12-22)23-19(25)15(4)27-18(24)7-6-10-26-16-8-9-17(21)14(3)11-16/h8-9,11,13,15H,6-7,10H2,1-5H3,(H,23,25). The van der Waals surface area contributed by atoms with Crippen LogP contribution in [0.2, 0.25) is 5.02 Å². The van der Waals surface area contributed by atoms with Crippen LogP contribution in [-0.2, 0) is 14.3 Å². The summed E-state index contributed by atoms with van der Waals surface area (Å²) < 4.78 is 10.7. The molecule has 0 aliphatic carbocycles. The van der Waals surface area contributed by atoms with Gasteiger partial charge >= 0.3 is 5.97 Å². The summed E-state index contributed by atoms with van der Waals surface area (Å²) in [6, 6.07) is 7.43. The summed E-state index contributed by atoms with van der Waals surface area (Å²) in [7, 11) is 0. The lowest BCUT2D eigenvalue weighted by atomic mass is 9.90. The molecule has 2 unspecified atom stereocenters. The molecule has 2 atom stereocenters. The fraction of sp³-hybridized carbons (Fsp3) is 0.550. The second kappa shape index (κ2) is 10.2. The van der Waals surface area contributed by atoms with E-state index in [4.69, 9.17) is 21.1 Å². The molecule has 148 valence electrons. The minimum Gasteiger partial charge on any atom is -0.494 e. The first-order chi connectivity index (χ1) is 12.6. The molecule has 1 aromatic rings. The Morgan fingerprint density at radius 3 is 2.56 bits per heavy atom. The van der Waals surface area contributed by atoms with Crippen LogP contribution in [-0.4, -0.2) is 30.1 Å². The highest BCUT2D eigenvalue weighted by molar-refractivity contribution is 6.31. The van der Waals surface area contributed by atoms with Gasteiger partial charge in [-0.25, -0.2) is 0 Å². The average Bonchev–Trinajstić information content (AvgIpc) is 2.61. The van der Waals surface area contributed by atoms with Crippen molar-refractivity contribution in [1.29, 1.82) is 5.26 Å². The zero-order valence-electron chi connectivity index (χ0n) is 16.5. The number of nitrogens with zero attached hydrogens (tertiary/aromatic N) is 1. The third kappa shape index (κ3) is 7.10. The van der Waals surface area contributed by atoms with E-state index in [1.807, 2.05) is 26.8 Å². The summed E-state index contributed by atoms with van der Waals surface area (Å²) in [5.41, 5.74) is -0.0957. The van der Waals surface area contributed by atoms with Gasteiger partial charge in [-0.05, 0) is 56.9 Å². The van der Waals surface area contributed by atoms with E-state index in [9.17, 15) is 14.9 Å². The Balaban J connectivity index is 2.37. The largest absolute Gasteiger partial charge is 0.494 e. The second-order valence-electron chi connectivity index (χ2n) is 6.95. The number of hydrogen-bond acceptors (Lipinski definition) is 5. The minimum atomic E-state index is -1.01. The number of nitrogens with one attached hydrogen (secondary N) is 1. The molecular formula is C20H27ClN2O4. The first-order valence-electron chi connectivity index (χ1n) is 8.90. The highest BCUT2D eigenvalue weighted by atomic mass is 35.5. The highest BCUT2D eigenvalue weighted by Crippen LogP contribution is 2.21. The number of esters is 1. The zero-order chi connectivity index (χ0) is 20.6. The summed E-state index contributed by atoms with van der Waals surface area (Å²) in [5.74, 6) is -0.378. The molecule has 0 aromatic heterocycles. The van der Waals surface area contributed by atoms with E-state index in [1.165, 1.54) is 6.92 Å². The lowest BCUT2D eigenvalue weighted by molar-refractivity contribution is -0.155. The zero-order valence-corrected chi connectivity index (χ0v) is 17.2. The van der Waals surface area contributed by atoms with Crippen molar-refractivity contribution in [2.24, 2.45) is 5.92 Å². The lowest BCUT2D eigenvalue weighted by Crippen LogP contribution is -2.52. The molecule has 6 nitrogen and oxygen atoms in total. The van der Waals surface area contributed by atoms with E-state index in [1.54, 1.807) is 19.1 Å². The number of benzene rings is 1. The number of hydrogen-bond donors (Lipinski definition) is 1. The molecule has 0 saturated carbocycles. The van der Waals surface area contributed by atoms with Crippen LogP contribution in [0.1, 0.15) is 46.1 Å². The van der Waals surface area contributed by atoms with Crippen LogP contribution in [0.4, 0.5) is 0 Å². The molecule has 7 heteroatoms. The smallest absolute Gasteiger partial charge is 0.306 e. The van der Waals surface area contributed by atoms with Crippen LogP contribution >= 0.6 is 11.6 Å². The van der Waals surface area contributed by atoms with Gasteiger partial charge in [-0.3, -0.25) is 9.59 Å². The Labute approximate surface area is 165 Å². The summed E-state index contributed by atoms with van der Waals surface area (Å²) in [6.07, 6.45) is -0.385. The van der Waals surface area contributed by atoms with E-state index >= 15 is 0 Å². The molecule has 0 aliphatic heterocycles. The summed E-state index contributed by atoms with van der Waals surface area (Å²) >= 11 is 5.96. The Kier molecular flexibility index (Phi) is 8.58. The van der Waals surface area contributed by atoms with Gasteiger partial charge in [0.2, 0.25) is 0 Å². The quantitative estimate of drug-likeness (QED) is 0.508. The summed E-state index contributed by atoms with van der Waals surface area (Å²) in [5, 5.41) is 12.5. The number of aryl methyl sites for hydroxylation is 1. The van der Waals surface area contributed by atoms with Crippen LogP contribution in [0.5, 0.6) is 5.75 Å². The Morgan fingerprint density at radius 2 is 2.00 bits per heavy atom. The van der Waals surface area contributed by atoms with Gasteiger partial charge in [-0.15, -0.1) is 0 Å². The third-order valence-electron chi connectivity index (χ3n) is 4.37. The summed E-state index contributed by atoms with van der Waals surface area (Å²) in [4.78, 5) is 24.1. The van der Waals surface area contributed by atoms with Crippen molar-refractivity contribution in [2.75, 3.05) is 6.61 Å². The van der Waals surface area contributed by atoms with E-state index in [0.717, 1.165) is 5.56 Å². The fourth-order valence-electron chi connectivity index (χ4n) is 2.08. The number of carbonyl (C=O) groups is 2. The predicted octanol–water partition coefficient (Wildman–Crippen LogP) is 3.79. The van der Waals surface area contributed by atoms with E-state index in [2.05, 4.69) is 11.4 Å². The third-order valence-corrected chi connectivity index (χ3v) is 4.79. The Morgan fingerprint density at radius 1 is 1.33 bits per heavy atom. The van der Waals surface area contributed by atoms with Gasteiger partial charge in [0, 0.05) is 11.4 Å². The molecule has 0 heterocycles. The predicted molar refractivity (Wildman–Crippen MR) is 103 cm³/mol. The van der Waals surface area contributed by atoms with Crippen molar-refractivity contribution >= 4 is 23.5 Å². The van der Waals surface area contributed by atoms with Crippen LogP contribution in [0.3, 0.4) is 0 Å². The van der Waals surface area contributed by atoms with Crippen molar-refractivity contribution in [3.8, 4) is 11.8 Å².